The van der Waals surface area contributed by atoms with E-state index < -0.39 is 10.1 Å². The summed E-state index contributed by atoms with van der Waals surface area (Å²) in [5.41, 5.74) is 0. The molecule has 0 aliphatic rings. The highest BCUT2D eigenvalue weighted by atomic mass is 32.2. The van der Waals surface area contributed by atoms with Gasteiger partial charge in [-0.05, 0) is 0 Å². The molecule has 64 valence electrons. The van der Waals surface area contributed by atoms with Gasteiger partial charge in [0.25, 0.3) is 10.1 Å². The topological polar surface area (TPSA) is 83.8 Å². The summed E-state index contributed by atoms with van der Waals surface area (Å²) in [4.78, 5) is 0. The van der Waals surface area contributed by atoms with Crippen LogP contribution >= 0.6 is 0 Å². The van der Waals surface area contributed by atoms with Gasteiger partial charge in [-0.15, -0.1) is 0 Å². The van der Waals surface area contributed by atoms with Crippen LogP contribution in [0, 0.1) is 0 Å². The third kappa shape index (κ3) is 109. The molecule has 0 amide bonds. The molecule has 0 atom stereocenters. The van der Waals surface area contributed by atoms with Crippen molar-refractivity contribution in [3.63, 3.8) is 0 Å². The van der Waals surface area contributed by atoms with Crippen molar-refractivity contribution in [1.29, 1.82) is 0 Å². The normalized spacial score (nSPS) is 10.0. The van der Waals surface area contributed by atoms with Crippen LogP contribution < -0.4 is 0 Å². The number of hydrogen-bond acceptors (Lipinski definition) is 4. The van der Waals surface area contributed by atoms with Crippen molar-refractivity contribution < 1.29 is 22.8 Å². The van der Waals surface area contributed by atoms with Crippen molar-refractivity contribution in [2.24, 2.45) is 0 Å². The fourth-order valence-electron chi connectivity index (χ4n) is 0.0913. The van der Waals surface area contributed by atoms with Gasteiger partial charge >= 0.3 is 0 Å². The van der Waals surface area contributed by atoms with Crippen LogP contribution in [-0.2, 0) is 14.9 Å². The molecule has 0 aromatic heterocycles. The van der Waals surface area contributed by atoms with E-state index >= 15 is 0 Å². The van der Waals surface area contributed by atoms with E-state index in [0.717, 1.165) is 0 Å². The summed E-state index contributed by atoms with van der Waals surface area (Å²) in [6.07, 6.45) is 0.715. The Balaban J connectivity index is 0. The Morgan fingerprint density at radius 1 is 1.50 bits per heavy atom. The molecule has 5 nitrogen and oxygen atoms in total. The summed E-state index contributed by atoms with van der Waals surface area (Å²) in [6.45, 7) is 0.566. The maximum Gasteiger partial charge on any atom is 0.261 e. The second kappa shape index (κ2) is 6.94. The Morgan fingerprint density at radius 2 is 1.80 bits per heavy atom. The van der Waals surface area contributed by atoms with Gasteiger partial charge in [0.2, 0.25) is 0 Å². The summed E-state index contributed by atoms with van der Waals surface area (Å²) in [5, 5.41) is 7.94. The van der Waals surface area contributed by atoms with Gasteiger partial charge < -0.3 is 9.84 Å². The number of aliphatic hydroxyl groups excluding tert-OH is 1. The van der Waals surface area contributed by atoms with Crippen LogP contribution in [0.4, 0.5) is 0 Å². The van der Waals surface area contributed by atoms with Crippen molar-refractivity contribution in [1.82, 2.24) is 0 Å². The van der Waals surface area contributed by atoms with E-state index in [4.69, 9.17) is 9.66 Å². The zero-order valence-corrected chi connectivity index (χ0v) is 6.76. The minimum atomic E-state index is -3.67. The smallest absolute Gasteiger partial charge is 0.261 e. The first-order valence-corrected chi connectivity index (χ1v) is 4.29. The van der Waals surface area contributed by atoms with Crippen molar-refractivity contribution in [2.45, 2.75) is 0 Å². The van der Waals surface area contributed by atoms with Crippen LogP contribution in [-0.4, -0.2) is 44.7 Å². The first-order chi connectivity index (χ1) is 4.41. The van der Waals surface area contributed by atoms with E-state index in [1.807, 2.05) is 0 Å². The number of ether oxygens (including phenoxy) is 1. The van der Waals surface area contributed by atoms with Gasteiger partial charge in [0.05, 0.1) is 19.5 Å². The molecule has 0 unspecified atom stereocenters. The molecule has 2 N–H and O–H groups in total. The van der Waals surface area contributed by atoms with E-state index in [1.54, 1.807) is 7.11 Å². The molecular weight excluding hydrogens is 160 g/mol. The number of aliphatic hydroxyl groups is 1. The molecule has 0 aromatic rings. The Bertz CT molecular complexity index is 128. The molecule has 0 radical (unpaired) electrons. The van der Waals surface area contributed by atoms with Gasteiger partial charge in [0, 0.05) is 7.11 Å². The largest absolute Gasteiger partial charge is 0.394 e. The predicted molar refractivity (Wildman–Crippen MR) is 36.4 cm³/mol. The molecule has 0 aliphatic heterocycles. The van der Waals surface area contributed by atoms with Crippen LogP contribution in [0.2, 0.25) is 0 Å². The molecule has 0 spiro atoms. The van der Waals surface area contributed by atoms with Gasteiger partial charge in [-0.25, -0.2) is 0 Å². The summed E-state index contributed by atoms with van der Waals surface area (Å²) in [6, 6.07) is 0. The maximum absolute atomic E-state index is 9.19. The van der Waals surface area contributed by atoms with Gasteiger partial charge in [0.1, 0.15) is 0 Å². The van der Waals surface area contributed by atoms with Crippen LogP contribution in [0.1, 0.15) is 0 Å². The molecule has 0 aromatic carbocycles. The number of rotatable bonds is 2. The molecule has 0 saturated heterocycles. The molecule has 0 aliphatic carbocycles. The molecule has 10 heavy (non-hydrogen) atoms. The van der Waals surface area contributed by atoms with Gasteiger partial charge in [-0.1, -0.05) is 0 Å². The first-order valence-electron chi connectivity index (χ1n) is 2.44. The monoisotopic (exact) mass is 172 g/mol. The predicted octanol–water partition coefficient (Wildman–Crippen LogP) is -0.871. The van der Waals surface area contributed by atoms with Crippen molar-refractivity contribution in [3.05, 3.63) is 0 Å². The highest BCUT2D eigenvalue weighted by Gasteiger charge is 1.81. The van der Waals surface area contributed by atoms with Crippen molar-refractivity contribution in [2.75, 3.05) is 26.6 Å². The Labute approximate surface area is 60.4 Å². The van der Waals surface area contributed by atoms with E-state index in [-0.39, 0.29) is 6.61 Å². The lowest BCUT2D eigenvalue weighted by Crippen LogP contribution is -1.91. The zero-order chi connectivity index (χ0) is 8.62. The quantitative estimate of drug-likeness (QED) is 0.529. The SMILES string of the molecule is COCCO.CS(=O)(=O)O. The Hall–Kier alpha value is -0.170. The van der Waals surface area contributed by atoms with E-state index in [1.165, 1.54) is 0 Å². The molecule has 0 rings (SSSR count). The van der Waals surface area contributed by atoms with E-state index in [0.29, 0.717) is 12.9 Å². The highest BCUT2D eigenvalue weighted by molar-refractivity contribution is 7.85. The van der Waals surface area contributed by atoms with E-state index in [9.17, 15) is 8.42 Å². The minimum Gasteiger partial charge on any atom is -0.394 e. The summed E-state index contributed by atoms with van der Waals surface area (Å²) < 4.78 is 30.3. The third-order valence-electron chi connectivity index (χ3n) is 0.295. The van der Waals surface area contributed by atoms with Crippen LogP contribution in [0.5, 0.6) is 0 Å². The molecule has 0 bridgehead atoms. The second-order valence-corrected chi connectivity index (χ2v) is 2.92. The maximum atomic E-state index is 9.19. The number of methoxy groups -OCH3 is 1. The van der Waals surface area contributed by atoms with Gasteiger partial charge in [0.15, 0.2) is 0 Å². The van der Waals surface area contributed by atoms with E-state index in [2.05, 4.69) is 4.74 Å². The Kier molecular flexibility index (Phi) is 8.68. The van der Waals surface area contributed by atoms with Crippen molar-refractivity contribution in [3.8, 4) is 0 Å². The standard InChI is InChI=1S/C3H8O2.CH4O3S/c1-5-3-2-4;1-5(2,3)4/h4H,2-3H2,1H3;1H3,(H,2,3,4). The van der Waals surface area contributed by atoms with Crippen molar-refractivity contribution >= 4 is 10.1 Å². The lowest BCUT2D eigenvalue weighted by molar-refractivity contribution is 0.135. The average molecular weight is 172 g/mol. The van der Waals surface area contributed by atoms with Crippen LogP contribution in [0.15, 0.2) is 0 Å². The first kappa shape index (κ1) is 12.5. The fraction of sp³-hybridized carbons (Fsp3) is 1.00. The highest BCUT2D eigenvalue weighted by Crippen LogP contribution is 1.60. The molecule has 0 saturated carbocycles. The van der Waals surface area contributed by atoms with Gasteiger partial charge in [-0.2, -0.15) is 8.42 Å². The molecule has 0 fully saturated rings. The molecular formula is C4H12O5S. The second-order valence-electron chi connectivity index (χ2n) is 1.45. The number of hydrogen-bond donors (Lipinski definition) is 2. The Morgan fingerprint density at radius 3 is 1.80 bits per heavy atom. The third-order valence-corrected chi connectivity index (χ3v) is 0.295. The lowest BCUT2D eigenvalue weighted by atomic mass is 10.8. The van der Waals surface area contributed by atoms with Crippen LogP contribution in [0.3, 0.4) is 0 Å². The zero-order valence-electron chi connectivity index (χ0n) is 5.94. The summed E-state index contributed by atoms with van der Waals surface area (Å²) in [5.74, 6) is 0. The summed E-state index contributed by atoms with van der Waals surface area (Å²) in [7, 11) is -2.11. The lowest BCUT2D eigenvalue weighted by Gasteiger charge is -1.84. The summed E-state index contributed by atoms with van der Waals surface area (Å²) >= 11 is 0. The fourth-order valence-corrected chi connectivity index (χ4v) is 0.0913. The van der Waals surface area contributed by atoms with Gasteiger partial charge in [-0.3, -0.25) is 4.55 Å². The molecule has 6 heteroatoms. The average Bonchev–Trinajstić information content (AvgIpc) is 1.63. The minimum absolute atomic E-state index is 0.122. The van der Waals surface area contributed by atoms with Crippen LogP contribution in [0.25, 0.3) is 0 Å². The molecule has 0 heterocycles.